The SMILES string of the molecule is COc1ccc(/C(O)=C2\C(=O)C(=O)N(c3cccc(Cl)c3)C2c2sccc2C)c(OC)c1. The number of benzene rings is 2. The molecule has 0 radical (unpaired) electrons. The zero-order valence-corrected chi connectivity index (χ0v) is 19.2. The highest BCUT2D eigenvalue weighted by Crippen LogP contribution is 2.46. The Hall–Kier alpha value is -3.29. The molecule has 1 aromatic heterocycles. The van der Waals surface area contributed by atoms with E-state index in [1.807, 2.05) is 18.4 Å². The number of thiophene rings is 1. The summed E-state index contributed by atoms with van der Waals surface area (Å²) in [7, 11) is 2.97. The molecular weight excluding hydrogens is 450 g/mol. The van der Waals surface area contributed by atoms with Gasteiger partial charge in [0, 0.05) is 21.7 Å². The van der Waals surface area contributed by atoms with Gasteiger partial charge in [0.25, 0.3) is 11.7 Å². The number of aliphatic hydroxyl groups excluding tert-OH is 1. The summed E-state index contributed by atoms with van der Waals surface area (Å²) in [5.41, 5.74) is 1.65. The third kappa shape index (κ3) is 3.63. The maximum Gasteiger partial charge on any atom is 0.300 e. The second-order valence-electron chi connectivity index (χ2n) is 7.18. The van der Waals surface area contributed by atoms with Gasteiger partial charge in [-0.25, -0.2) is 0 Å². The second-order valence-corrected chi connectivity index (χ2v) is 8.57. The van der Waals surface area contributed by atoms with Crippen LogP contribution in [0.5, 0.6) is 11.5 Å². The molecule has 2 heterocycles. The van der Waals surface area contributed by atoms with Crippen molar-refractivity contribution in [3.05, 3.63) is 80.5 Å². The number of ketones is 1. The van der Waals surface area contributed by atoms with E-state index in [0.717, 1.165) is 10.4 Å². The van der Waals surface area contributed by atoms with Gasteiger partial charge in [0.05, 0.1) is 25.4 Å². The van der Waals surface area contributed by atoms with Crippen molar-refractivity contribution in [3.63, 3.8) is 0 Å². The Morgan fingerprint density at radius 2 is 1.88 bits per heavy atom. The molecule has 8 heteroatoms. The summed E-state index contributed by atoms with van der Waals surface area (Å²) in [5.74, 6) is -0.983. The second kappa shape index (κ2) is 8.68. The lowest BCUT2D eigenvalue weighted by Crippen LogP contribution is -2.29. The molecule has 0 saturated carbocycles. The van der Waals surface area contributed by atoms with Crippen LogP contribution in [0.3, 0.4) is 0 Å². The van der Waals surface area contributed by atoms with Crippen LogP contribution < -0.4 is 14.4 Å². The maximum atomic E-state index is 13.2. The first-order chi connectivity index (χ1) is 15.4. The number of hydrogen-bond acceptors (Lipinski definition) is 6. The molecule has 6 nitrogen and oxygen atoms in total. The molecule has 164 valence electrons. The topological polar surface area (TPSA) is 76.1 Å². The number of Topliss-reactive ketones (excluding diaryl/α,β-unsaturated/α-hetero) is 1. The highest BCUT2D eigenvalue weighted by Gasteiger charge is 2.48. The lowest BCUT2D eigenvalue weighted by Gasteiger charge is -2.25. The Morgan fingerprint density at radius 3 is 2.50 bits per heavy atom. The lowest BCUT2D eigenvalue weighted by atomic mass is 9.97. The molecule has 2 aromatic carbocycles. The van der Waals surface area contributed by atoms with E-state index in [-0.39, 0.29) is 16.9 Å². The minimum atomic E-state index is -0.805. The quantitative estimate of drug-likeness (QED) is 0.309. The standard InChI is InChI=1S/C24H20ClNO5S/c1-13-9-10-32-23(13)20-19(21(27)17-8-7-16(30-2)12-18(17)31-3)22(28)24(29)26(20)15-6-4-5-14(25)11-15/h4-12,20,27H,1-3H3/b21-19+. The number of nitrogens with zero attached hydrogens (tertiary/aromatic N) is 1. The number of carbonyl (C=O) groups is 2. The first-order valence-electron chi connectivity index (χ1n) is 9.70. The van der Waals surface area contributed by atoms with Gasteiger partial charge in [-0.15, -0.1) is 11.3 Å². The molecule has 0 spiro atoms. The molecule has 32 heavy (non-hydrogen) atoms. The van der Waals surface area contributed by atoms with Gasteiger partial charge in [-0.1, -0.05) is 17.7 Å². The monoisotopic (exact) mass is 469 g/mol. The fourth-order valence-corrected chi connectivity index (χ4v) is 4.99. The van der Waals surface area contributed by atoms with Gasteiger partial charge in [0.2, 0.25) is 0 Å². The van der Waals surface area contributed by atoms with Crippen LogP contribution in [0.2, 0.25) is 5.02 Å². The highest BCUT2D eigenvalue weighted by molar-refractivity contribution is 7.10. The van der Waals surface area contributed by atoms with Gasteiger partial charge >= 0.3 is 0 Å². The van der Waals surface area contributed by atoms with E-state index in [1.165, 1.54) is 30.5 Å². The number of aryl methyl sites for hydroxylation is 1. The number of amides is 1. The van der Waals surface area contributed by atoms with Crippen molar-refractivity contribution in [2.45, 2.75) is 13.0 Å². The fraction of sp³-hybridized carbons (Fsp3) is 0.167. The normalized spacial score (nSPS) is 17.6. The fourth-order valence-electron chi connectivity index (χ4n) is 3.78. The Kier molecular flexibility index (Phi) is 5.95. The molecular formula is C24H20ClNO5S. The smallest absolute Gasteiger partial charge is 0.300 e. The number of anilines is 1. The molecule has 1 amide bonds. The van der Waals surface area contributed by atoms with Gasteiger partial charge in [0.15, 0.2) is 0 Å². The molecule has 4 rings (SSSR count). The van der Waals surface area contributed by atoms with Crippen LogP contribution in [-0.4, -0.2) is 31.0 Å². The number of carbonyl (C=O) groups excluding carboxylic acids is 2. The Labute approximate surface area is 194 Å². The highest BCUT2D eigenvalue weighted by atomic mass is 35.5. The van der Waals surface area contributed by atoms with E-state index in [9.17, 15) is 14.7 Å². The number of methoxy groups -OCH3 is 2. The summed E-state index contributed by atoms with van der Waals surface area (Å²) in [6.07, 6.45) is 0. The van der Waals surface area contributed by atoms with Crippen molar-refractivity contribution in [2.24, 2.45) is 0 Å². The number of halogens is 1. The number of aliphatic hydroxyl groups is 1. The minimum Gasteiger partial charge on any atom is -0.507 e. The van der Waals surface area contributed by atoms with Crippen molar-refractivity contribution in [1.82, 2.24) is 0 Å². The van der Waals surface area contributed by atoms with E-state index in [0.29, 0.717) is 22.2 Å². The van der Waals surface area contributed by atoms with E-state index in [1.54, 1.807) is 42.5 Å². The number of ether oxygens (including phenoxy) is 2. The first kappa shape index (κ1) is 21.9. The van der Waals surface area contributed by atoms with Gasteiger partial charge < -0.3 is 14.6 Å². The molecule has 1 N–H and O–H groups in total. The molecule has 0 aliphatic carbocycles. The predicted octanol–water partition coefficient (Wildman–Crippen LogP) is 5.35. The molecule has 0 bridgehead atoms. The first-order valence-corrected chi connectivity index (χ1v) is 11.0. The molecule has 1 aliphatic rings. The molecule has 1 fully saturated rings. The zero-order valence-electron chi connectivity index (χ0n) is 17.6. The minimum absolute atomic E-state index is 0.0102. The van der Waals surface area contributed by atoms with Crippen LogP contribution in [0.25, 0.3) is 5.76 Å². The molecule has 1 saturated heterocycles. The van der Waals surface area contributed by atoms with Crippen LogP contribution >= 0.6 is 22.9 Å². The lowest BCUT2D eigenvalue weighted by molar-refractivity contribution is -0.132. The van der Waals surface area contributed by atoms with Crippen molar-refractivity contribution < 1.29 is 24.2 Å². The summed E-state index contributed by atoms with van der Waals surface area (Å²) < 4.78 is 10.6. The van der Waals surface area contributed by atoms with E-state index in [2.05, 4.69) is 0 Å². The van der Waals surface area contributed by atoms with Gasteiger partial charge in [-0.3, -0.25) is 14.5 Å². The van der Waals surface area contributed by atoms with Crippen LogP contribution in [0.1, 0.15) is 22.0 Å². The van der Waals surface area contributed by atoms with E-state index < -0.39 is 17.7 Å². The maximum absolute atomic E-state index is 13.2. The molecule has 1 atom stereocenters. The Bertz CT molecular complexity index is 1250. The average Bonchev–Trinajstić information content (AvgIpc) is 3.33. The Morgan fingerprint density at radius 1 is 1.09 bits per heavy atom. The Balaban J connectivity index is 1.97. The van der Waals surface area contributed by atoms with Gasteiger partial charge in [-0.05, 0) is 54.3 Å². The summed E-state index contributed by atoms with van der Waals surface area (Å²) in [5, 5.41) is 13.6. The average molecular weight is 470 g/mol. The summed E-state index contributed by atoms with van der Waals surface area (Å²) in [4.78, 5) is 28.6. The summed E-state index contributed by atoms with van der Waals surface area (Å²) >= 11 is 7.57. The van der Waals surface area contributed by atoms with Crippen LogP contribution in [-0.2, 0) is 9.59 Å². The third-order valence-corrected chi connectivity index (χ3v) is 6.65. The summed E-state index contributed by atoms with van der Waals surface area (Å²) in [6.45, 7) is 1.90. The van der Waals surface area contributed by atoms with Crippen LogP contribution in [0, 0.1) is 6.92 Å². The van der Waals surface area contributed by atoms with Crippen molar-refractivity contribution in [3.8, 4) is 11.5 Å². The summed E-state index contributed by atoms with van der Waals surface area (Å²) in [6, 6.07) is 12.7. The number of hydrogen-bond donors (Lipinski definition) is 1. The van der Waals surface area contributed by atoms with E-state index >= 15 is 0 Å². The predicted molar refractivity (Wildman–Crippen MR) is 125 cm³/mol. The molecule has 1 aliphatic heterocycles. The largest absolute Gasteiger partial charge is 0.507 e. The van der Waals surface area contributed by atoms with Gasteiger partial charge in [0.1, 0.15) is 23.3 Å². The number of rotatable bonds is 5. The van der Waals surface area contributed by atoms with Crippen LogP contribution in [0.4, 0.5) is 5.69 Å². The van der Waals surface area contributed by atoms with Crippen LogP contribution in [0.15, 0.2) is 59.5 Å². The van der Waals surface area contributed by atoms with Crippen molar-refractivity contribution >= 4 is 46.1 Å². The van der Waals surface area contributed by atoms with E-state index in [4.69, 9.17) is 21.1 Å². The van der Waals surface area contributed by atoms with Crippen molar-refractivity contribution in [1.29, 1.82) is 0 Å². The molecule has 1 unspecified atom stereocenters. The van der Waals surface area contributed by atoms with Crippen molar-refractivity contribution in [2.75, 3.05) is 19.1 Å². The van der Waals surface area contributed by atoms with Gasteiger partial charge in [-0.2, -0.15) is 0 Å². The molecule has 3 aromatic rings. The zero-order chi connectivity index (χ0) is 23.0. The third-order valence-electron chi connectivity index (χ3n) is 5.34.